The van der Waals surface area contributed by atoms with Crippen LogP contribution in [0.4, 0.5) is 0 Å². The van der Waals surface area contributed by atoms with Crippen LogP contribution in [-0.2, 0) is 18.9 Å². The van der Waals surface area contributed by atoms with Gasteiger partial charge in [-0.25, -0.2) is 14.3 Å². The van der Waals surface area contributed by atoms with E-state index in [4.69, 9.17) is 0 Å². The first-order chi connectivity index (χ1) is 9.40. The lowest BCUT2D eigenvalue weighted by Gasteiger charge is -2.13. The summed E-state index contributed by atoms with van der Waals surface area (Å²) in [6, 6.07) is 0. The summed E-state index contributed by atoms with van der Waals surface area (Å²) in [5.41, 5.74) is -0.482. The van der Waals surface area contributed by atoms with Gasteiger partial charge in [0.25, 0.3) is 5.56 Å². The van der Waals surface area contributed by atoms with Gasteiger partial charge in [-0.05, 0) is 6.42 Å². The second kappa shape index (κ2) is 5.35. The van der Waals surface area contributed by atoms with E-state index in [2.05, 4.69) is 20.9 Å². The molecule has 2 rings (SSSR count). The molecule has 2 aromatic rings. The van der Waals surface area contributed by atoms with Crippen LogP contribution >= 0.6 is 15.9 Å². The summed E-state index contributed by atoms with van der Waals surface area (Å²) in [4.78, 5) is 39.7. The minimum absolute atomic E-state index is 0.201. The van der Waals surface area contributed by atoms with Crippen LogP contribution in [0.5, 0.6) is 0 Å². The molecule has 0 aliphatic heterocycles. The highest BCUT2D eigenvalue weighted by molar-refractivity contribution is 9.09. The molecule has 0 fully saturated rings. The number of halogens is 1. The number of rotatable bonds is 4. The molecule has 1 atom stereocenters. The smallest absolute Gasteiger partial charge is 0.328 e. The Bertz CT molecular complexity index is 786. The number of ketones is 1. The normalized spacial score (nSPS) is 12.8. The molecule has 20 heavy (non-hydrogen) atoms. The molecule has 7 nitrogen and oxygen atoms in total. The summed E-state index contributed by atoms with van der Waals surface area (Å²) >= 11 is 3.16. The first kappa shape index (κ1) is 14.7. The zero-order valence-electron chi connectivity index (χ0n) is 11.5. The van der Waals surface area contributed by atoms with Crippen LogP contribution in [0.2, 0.25) is 0 Å². The van der Waals surface area contributed by atoms with E-state index in [1.807, 2.05) is 6.92 Å². The standard InChI is InChI=1S/C12H15BrN4O3/c1-4-5-7(18)9(13)17-11(19)8-10(14-6-15(8)2)16(3)12(17)20/h6,9H,4-5H2,1-3H3. The van der Waals surface area contributed by atoms with E-state index >= 15 is 0 Å². The quantitative estimate of drug-likeness (QED) is 0.766. The van der Waals surface area contributed by atoms with Crippen molar-refractivity contribution in [1.82, 2.24) is 18.7 Å². The summed E-state index contributed by atoms with van der Waals surface area (Å²) in [5, 5.41) is 0. The van der Waals surface area contributed by atoms with Gasteiger partial charge in [0.1, 0.15) is 0 Å². The van der Waals surface area contributed by atoms with Crippen LogP contribution in [-0.4, -0.2) is 24.5 Å². The highest BCUT2D eigenvalue weighted by atomic mass is 79.9. The molecule has 0 N–H and O–H groups in total. The molecule has 8 heteroatoms. The lowest BCUT2D eigenvalue weighted by atomic mass is 10.2. The van der Waals surface area contributed by atoms with Crippen LogP contribution in [0, 0.1) is 0 Å². The van der Waals surface area contributed by atoms with Gasteiger partial charge in [0.2, 0.25) is 0 Å². The molecule has 0 aromatic carbocycles. The SMILES string of the molecule is CCCC(=O)C(Br)n1c(=O)c2c(ncn2C)n(C)c1=O. The molecular formula is C12H15BrN4O3. The third-order valence-electron chi connectivity index (χ3n) is 3.14. The summed E-state index contributed by atoms with van der Waals surface area (Å²) in [7, 11) is 3.19. The number of Topliss-reactive ketones (excluding diaryl/α,β-unsaturated/α-hetero) is 1. The van der Waals surface area contributed by atoms with E-state index in [0.717, 1.165) is 4.57 Å². The van der Waals surface area contributed by atoms with E-state index in [1.165, 1.54) is 22.5 Å². The summed E-state index contributed by atoms with van der Waals surface area (Å²) in [5.74, 6) is -0.201. The van der Waals surface area contributed by atoms with Crippen molar-refractivity contribution in [3.63, 3.8) is 0 Å². The Kier molecular flexibility index (Phi) is 3.94. The highest BCUT2D eigenvalue weighted by Gasteiger charge is 2.23. The first-order valence-corrected chi connectivity index (χ1v) is 7.11. The molecule has 0 aliphatic carbocycles. The summed E-state index contributed by atoms with van der Waals surface area (Å²) in [6.45, 7) is 1.86. The van der Waals surface area contributed by atoms with Crippen molar-refractivity contribution < 1.29 is 4.79 Å². The van der Waals surface area contributed by atoms with Crippen molar-refractivity contribution in [2.24, 2.45) is 14.1 Å². The molecule has 0 bridgehead atoms. The van der Waals surface area contributed by atoms with E-state index in [9.17, 15) is 14.4 Å². The second-order valence-corrected chi connectivity index (χ2v) is 5.46. The molecule has 0 amide bonds. The predicted octanol–water partition coefficient (Wildman–Crippen LogP) is 0.696. The largest absolute Gasteiger partial charge is 0.333 e. The molecule has 0 saturated carbocycles. The van der Waals surface area contributed by atoms with Crippen molar-refractivity contribution in [3.8, 4) is 0 Å². The number of aromatic nitrogens is 4. The molecule has 0 spiro atoms. The lowest BCUT2D eigenvalue weighted by Crippen LogP contribution is -2.42. The lowest BCUT2D eigenvalue weighted by molar-refractivity contribution is -0.119. The first-order valence-electron chi connectivity index (χ1n) is 6.19. The summed E-state index contributed by atoms with van der Waals surface area (Å²) < 4.78 is 3.74. The molecule has 0 saturated heterocycles. The molecule has 2 heterocycles. The minimum atomic E-state index is -0.951. The molecule has 0 aliphatic rings. The van der Waals surface area contributed by atoms with Gasteiger partial charge < -0.3 is 4.57 Å². The monoisotopic (exact) mass is 342 g/mol. The average Bonchev–Trinajstić information content (AvgIpc) is 2.79. The van der Waals surface area contributed by atoms with Gasteiger partial charge in [-0.15, -0.1) is 0 Å². The third kappa shape index (κ3) is 2.13. The van der Waals surface area contributed by atoms with Gasteiger partial charge in [0, 0.05) is 20.5 Å². The van der Waals surface area contributed by atoms with Gasteiger partial charge in [-0.1, -0.05) is 22.9 Å². The maximum Gasteiger partial charge on any atom is 0.333 e. The van der Waals surface area contributed by atoms with Crippen LogP contribution in [0.3, 0.4) is 0 Å². The van der Waals surface area contributed by atoms with Gasteiger partial charge in [-0.3, -0.25) is 14.2 Å². The minimum Gasteiger partial charge on any atom is -0.328 e. The average molecular weight is 343 g/mol. The Labute approximate surface area is 123 Å². The molecule has 1 unspecified atom stereocenters. The predicted molar refractivity (Wildman–Crippen MR) is 78.1 cm³/mol. The number of carbonyl (C=O) groups excluding carboxylic acids is 1. The van der Waals surface area contributed by atoms with Crippen molar-refractivity contribution in [2.45, 2.75) is 24.7 Å². The van der Waals surface area contributed by atoms with Gasteiger partial charge >= 0.3 is 5.69 Å². The maximum atomic E-state index is 12.4. The topological polar surface area (TPSA) is 78.9 Å². The molecule has 0 radical (unpaired) electrons. The third-order valence-corrected chi connectivity index (χ3v) is 4.06. The van der Waals surface area contributed by atoms with Crippen LogP contribution in [0.1, 0.15) is 24.7 Å². The number of carbonyl (C=O) groups is 1. The fourth-order valence-corrected chi connectivity index (χ4v) is 2.66. The summed E-state index contributed by atoms with van der Waals surface area (Å²) in [6.07, 6.45) is 2.42. The number of nitrogens with zero attached hydrogens (tertiary/aromatic N) is 4. The van der Waals surface area contributed by atoms with E-state index in [0.29, 0.717) is 24.0 Å². The number of fused-ring (bicyclic) bond motifs is 1. The Morgan fingerprint density at radius 3 is 2.65 bits per heavy atom. The van der Waals surface area contributed by atoms with Crippen LogP contribution in [0.25, 0.3) is 11.2 Å². The molecule has 2 aromatic heterocycles. The number of imidazole rings is 1. The van der Waals surface area contributed by atoms with Gasteiger partial charge in [-0.2, -0.15) is 0 Å². The van der Waals surface area contributed by atoms with Crippen molar-refractivity contribution in [1.29, 1.82) is 0 Å². The van der Waals surface area contributed by atoms with E-state index in [-0.39, 0.29) is 5.78 Å². The van der Waals surface area contributed by atoms with Gasteiger partial charge in [0.05, 0.1) is 6.33 Å². The van der Waals surface area contributed by atoms with Crippen molar-refractivity contribution in [2.75, 3.05) is 0 Å². The maximum absolute atomic E-state index is 12.4. The zero-order chi connectivity index (χ0) is 15.0. The Morgan fingerprint density at radius 1 is 1.40 bits per heavy atom. The van der Waals surface area contributed by atoms with Crippen LogP contribution in [0.15, 0.2) is 15.9 Å². The fourth-order valence-electron chi connectivity index (χ4n) is 2.07. The Morgan fingerprint density at radius 2 is 2.05 bits per heavy atom. The Balaban J connectivity index is 2.77. The number of hydrogen-bond acceptors (Lipinski definition) is 4. The van der Waals surface area contributed by atoms with Crippen LogP contribution < -0.4 is 11.2 Å². The second-order valence-electron chi connectivity index (χ2n) is 4.60. The number of alkyl halides is 1. The van der Waals surface area contributed by atoms with Gasteiger partial charge in [0.15, 0.2) is 21.9 Å². The highest BCUT2D eigenvalue weighted by Crippen LogP contribution is 2.16. The van der Waals surface area contributed by atoms with Crippen molar-refractivity contribution in [3.05, 3.63) is 27.2 Å². The zero-order valence-corrected chi connectivity index (χ0v) is 13.0. The Hall–Kier alpha value is -1.70. The number of aryl methyl sites for hydroxylation is 2. The van der Waals surface area contributed by atoms with E-state index < -0.39 is 16.2 Å². The molecular weight excluding hydrogens is 328 g/mol. The van der Waals surface area contributed by atoms with E-state index in [1.54, 1.807) is 7.05 Å². The molecule has 108 valence electrons. The number of hydrogen-bond donors (Lipinski definition) is 0. The van der Waals surface area contributed by atoms with Crippen molar-refractivity contribution >= 4 is 32.9 Å². The fraction of sp³-hybridized carbons (Fsp3) is 0.500.